The van der Waals surface area contributed by atoms with Crippen molar-refractivity contribution < 1.29 is 4.79 Å². The molecular formula is C8H13BrN4OS. The Bertz CT molecular complexity index is 302. The maximum atomic E-state index is 11.8. The van der Waals surface area contributed by atoms with Crippen LogP contribution in [0.5, 0.6) is 0 Å². The van der Waals surface area contributed by atoms with Gasteiger partial charge in [0, 0.05) is 13.1 Å². The first kappa shape index (κ1) is 12.5. The van der Waals surface area contributed by atoms with Gasteiger partial charge in [0.05, 0.1) is 0 Å². The number of nitrogens with zero attached hydrogens (tertiary/aromatic N) is 3. The van der Waals surface area contributed by atoms with E-state index in [1.54, 1.807) is 4.90 Å². The number of carbonyl (C=O) groups is 1. The summed E-state index contributed by atoms with van der Waals surface area (Å²) in [5.74, 6) is 0.0569. The largest absolute Gasteiger partial charge is 0.342 e. The van der Waals surface area contributed by atoms with Gasteiger partial charge in [-0.05, 0) is 13.8 Å². The van der Waals surface area contributed by atoms with Gasteiger partial charge in [-0.3, -0.25) is 9.89 Å². The molecule has 7 heteroatoms. The van der Waals surface area contributed by atoms with Crippen molar-refractivity contribution in [2.24, 2.45) is 0 Å². The van der Waals surface area contributed by atoms with Crippen molar-refractivity contribution in [3.05, 3.63) is 6.33 Å². The number of carbonyl (C=O) groups excluding carboxylic acids is 1. The highest BCUT2D eigenvalue weighted by Crippen LogP contribution is 2.25. The average Bonchev–Trinajstić information content (AvgIpc) is 2.72. The predicted molar refractivity (Wildman–Crippen MR) is 62.9 cm³/mol. The van der Waals surface area contributed by atoms with E-state index in [4.69, 9.17) is 0 Å². The SMILES string of the molecule is CCN(CC)C(=O)C(Br)Sc1ncn[nH]1. The topological polar surface area (TPSA) is 61.9 Å². The van der Waals surface area contributed by atoms with Crippen LogP contribution in [0.25, 0.3) is 0 Å². The van der Waals surface area contributed by atoms with E-state index in [2.05, 4.69) is 31.1 Å². The summed E-state index contributed by atoms with van der Waals surface area (Å²) in [5, 5.41) is 7.05. The summed E-state index contributed by atoms with van der Waals surface area (Å²) >= 11 is 4.64. The van der Waals surface area contributed by atoms with Gasteiger partial charge in [0.1, 0.15) is 10.5 Å². The second kappa shape index (κ2) is 6.12. The van der Waals surface area contributed by atoms with Crippen LogP contribution in [0.3, 0.4) is 0 Å². The summed E-state index contributed by atoms with van der Waals surface area (Å²) < 4.78 is -0.314. The number of amides is 1. The van der Waals surface area contributed by atoms with Crippen molar-refractivity contribution in [3.63, 3.8) is 0 Å². The van der Waals surface area contributed by atoms with E-state index in [0.29, 0.717) is 18.2 Å². The fraction of sp³-hybridized carbons (Fsp3) is 0.625. The highest BCUT2D eigenvalue weighted by Gasteiger charge is 2.21. The lowest BCUT2D eigenvalue weighted by Crippen LogP contribution is -2.35. The van der Waals surface area contributed by atoms with Crippen molar-refractivity contribution in [2.75, 3.05) is 13.1 Å². The monoisotopic (exact) mass is 292 g/mol. The molecule has 1 aromatic rings. The Morgan fingerprint density at radius 2 is 2.33 bits per heavy atom. The van der Waals surface area contributed by atoms with Crippen LogP contribution in [0.15, 0.2) is 11.5 Å². The smallest absolute Gasteiger partial charge is 0.246 e. The molecule has 0 aliphatic rings. The van der Waals surface area contributed by atoms with Crippen LogP contribution in [0.4, 0.5) is 0 Å². The normalized spacial score (nSPS) is 12.5. The first-order valence-electron chi connectivity index (χ1n) is 4.63. The molecule has 5 nitrogen and oxygen atoms in total. The first-order chi connectivity index (χ1) is 7.19. The number of aromatic nitrogens is 3. The Balaban J connectivity index is 2.53. The van der Waals surface area contributed by atoms with Gasteiger partial charge in [0.25, 0.3) is 0 Å². The number of halogens is 1. The number of rotatable bonds is 5. The zero-order valence-corrected chi connectivity index (χ0v) is 11.0. The summed E-state index contributed by atoms with van der Waals surface area (Å²) in [6.07, 6.45) is 1.42. The van der Waals surface area contributed by atoms with Crippen molar-refractivity contribution in [2.45, 2.75) is 23.2 Å². The summed E-state index contributed by atoms with van der Waals surface area (Å²) in [4.78, 5) is 17.5. The molecule has 15 heavy (non-hydrogen) atoms. The Morgan fingerprint density at radius 1 is 1.67 bits per heavy atom. The van der Waals surface area contributed by atoms with Gasteiger partial charge in [-0.1, -0.05) is 27.7 Å². The summed E-state index contributed by atoms with van der Waals surface area (Å²) in [5.41, 5.74) is 0. The van der Waals surface area contributed by atoms with Crippen molar-refractivity contribution in [1.29, 1.82) is 0 Å². The third-order valence-electron chi connectivity index (χ3n) is 1.88. The third-order valence-corrected chi connectivity index (χ3v) is 3.66. The number of alkyl halides is 1. The van der Waals surface area contributed by atoms with Crippen LogP contribution < -0.4 is 0 Å². The molecule has 0 saturated heterocycles. The Labute approximate surface area is 101 Å². The molecule has 1 heterocycles. The molecular weight excluding hydrogens is 280 g/mol. The molecule has 0 spiro atoms. The number of aromatic amines is 1. The fourth-order valence-corrected chi connectivity index (χ4v) is 2.56. The van der Waals surface area contributed by atoms with Crippen LogP contribution in [-0.2, 0) is 4.79 Å². The molecule has 84 valence electrons. The molecule has 1 atom stereocenters. The molecule has 0 radical (unpaired) electrons. The number of thioether (sulfide) groups is 1. The van der Waals surface area contributed by atoms with Crippen LogP contribution in [-0.4, -0.2) is 43.2 Å². The Kier molecular flexibility index (Phi) is 5.10. The third kappa shape index (κ3) is 3.49. The highest BCUT2D eigenvalue weighted by atomic mass is 79.9. The Hall–Kier alpha value is -0.560. The number of nitrogens with one attached hydrogen (secondary N) is 1. The zero-order valence-electron chi connectivity index (χ0n) is 8.61. The van der Waals surface area contributed by atoms with Gasteiger partial charge < -0.3 is 4.90 Å². The molecule has 1 rings (SSSR count). The van der Waals surface area contributed by atoms with Gasteiger partial charge in [0.2, 0.25) is 5.91 Å². The lowest BCUT2D eigenvalue weighted by atomic mass is 10.5. The number of hydrogen-bond acceptors (Lipinski definition) is 4. The van der Waals surface area contributed by atoms with E-state index in [1.807, 2.05) is 13.8 Å². The quantitative estimate of drug-likeness (QED) is 0.660. The molecule has 0 saturated carbocycles. The minimum absolute atomic E-state index is 0.0569. The maximum Gasteiger partial charge on any atom is 0.246 e. The van der Waals surface area contributed by atoms with E-state index < -0.39 is 0 Å². The Morgan fingerprint density at radius 3 is 2.80 bits per heavy atom. The highest BCUT2D eigenvalue weighted by molar-refractivity contribution is 9.11. The van der Waals surface area contributed by atoms with E-state index in [9.17, 15) is 4.79 Å². The van der Waals surface area contributed by atoms with E-state index in [-0.39, 0.29) is 10.1 Å². The van der Waals surface area contributed by atoms with Crippen LogP contribution in [0, 0.1) is 0 Å². The second-order valence-electron chi connectivity index (χ2n) is 2.74. The van der Waals surface area contributed by atoms with Gasteiger partial charge in [-0.2, -0.15) is 5.10 Å². The summed E-state index contributed by atoms with van der Waals surface area (Å²) in [6, 6.07) is 0. The average molecular weight is 293 g/mol. The lowest BCUT2D eigenvalue weighted by molar-refractivity contribution is -0.128. The standard InChI is InChI=1S/C8H13BrN4OS/c1-3-13(4-2)7(14)6(9)15-8-10-5-11-12-8/h5-6H,3-4H2,1-2H3,(H,10,11,12). The zero-order chi connectivity index (χ0) is 11.3. The molecule has 0 fully saturated rings. The lowest BCUT2D eigenvalue weighted by Gasteiger charge is -2.20. The van der Waals surface area contributed by atoms with Crippen LogP contribution >= 0.6 is 27.7 Å². The molecule has 0 aromatic carbocycles. The first-order valence-corrected chi connectivity index (χ1v) is 6.43. The molecule has 1 unspecified atom stereocenters. The summed E-state index contributed by atoms with van der Waals surface area (Å²) in [7, 11) is 0. The summed E-state index contributed by atoms with van der Waals surface area (Å²) in [6.45, 7) is 5.35. The minimum Gasteiger partial charge on any atom is -0.342 e. The van der Waals surface area contributed by atoms with Crippen LogP contribution in [0.2, 0.25) is 0 Å². The number of hydrogen-bond donors (Lipinski definition) is 1. The van der Waals surface area contributed by atoms with Gasteiger partial charge in [-0.15, -0.1) is 0 Å². The maximum absolute atomic E-state index is 11.8. The molecule has 0 aliphatic heterocycles. The minimum atomic E-state index is -0.314. The molecule has 1 N–H and O–H groups in total. The van der Waals surface area contributed by atoms with Crippen molar-refractivity contribution >= 4 is 33.6 Å². The van der Waals surface area contributed by atoms with Crippen molar-refractivity contribution in [1.82, 2.24) is 20.1 Å². The second-order valence-corrected chi connectivity index (χ2v) is 5.35. The van der Waals surface area contributed by atoms with Gasteiger partial charge in [0.15, 0.2) is 5.16 Å². The fourth-order valence-electron chi connectivity index (χ4n) is 1.08. The van der Waals surface area contributed by atoms with E-state index in [1.165, 1.54) is 18.1 Å². The van der Waals surface area contributed by atoms with E-state index in [0.717, 1.165) is 0 Å². The van der Waals surface area contributed by atoms with Crippen molar-refractivity contribution in [3.8, 4) is 0 Å². The molecule has 0 bridgehead atoms. The molecule has 1 aromatic heterocycles. The van der Waals surface area contributed by atoms with E-state index >= 15 is 0 Å². The number of H-pyrrole nitrogens is 1. The molecule has 0 aliphatic carbocycles. The van der Waals surface area contributed by atoms with Gasteiger partial charge in [-0.25, -0.2) is 4.98 Å². The van der Waals surface area contributed by atoms with Gasteiger partial charge >= 0.3 is 0 Å². The van der Waals surface area contributed by atoms with Crippen LogP contribution in [0.1, 0.15) is 13.8 Å². The predicted octanol–water partition coefficient (Wildman–Crippen LogP) is 1.49. The molecule has 1 amide bonds.